The first-order chi connectivity index (χ1) is 18.0. The number of imide groups is 1. The minimum Gasteiger partial charge on any atom is -0.478 e. The van der Waals surface area contributed by atoms with Crippen LogP contribution in [0.3, 0.4) is 0 Å². The van der Waals surface area contributed by atoms with Gasteiger partial charge in [-0.25, -0.2) is 14.8 Å². The smallest absolute Gasteiger partial charge is 0.338 e. The summed E-state index contributed by atoms with van der Waals surface area (Å²) in [4.78, 5) is 50.6. The number of carbonyl (C=O) groups is 3. The number of pyridine rings is 1. The number of carboxylic acid groups (broad SMARTS) is 1. The molecule has 2 fully saturated rings. The summed E-state index contributed by atoms with van der Waals surface area (Å²) in [7, 11) is 0. The Labute approximate surface area is 216 Å². The zero-order valence-corrected chi connectivity index (χ0v) is 20.5. The van der Waals surface area contributed by atoms with Crippen molar-refractivity contribution in [2.45, 2.75) is 19.4 Å². The van der Waals surface area contributed by atoms with Gasteiger partial charge in [0.2, 0.25) is 5.95 Å². The Morgan fingerprint density at radius 2 is 2.11 bits per heavy atom. The van der Waals surface area contributed by atoms with Gasteiger partial charge in [-0.3, -0.25) is 19.9 Å². The van der Waals surface area contributed by atoms with E-state index < -0.39 is 11.9 Å². The van der Waals surface area contributed by atoms with E-state index in [1.54, 1.807) is 42.7 Å². The molecule has 2 amide bonds. The highest BCUT2D eigenvalue weighted by Crippen LogP contribution is 2.26. The van der Waals surface area contributed by atoms with Crippen LogP contribution in [0.4, 0.5) is 10.7 Å². The zero-order chi connectivity index (χ0) is 25.8. The number of aromatic nitrogens is 3. The fourth-order valence-electron chi connectivity index (χ4n) is 4.29. The molecule has 0 aromatic carbocycles. The minimum atomic E-state index is -1.05. The molecule has 3 aromatic rings. The summed E-state index contributed by atoms with van der Waals surface area (Å²) >= 11 is 0.862. The third-order valence-electron chi connectivity index (χ3n) is 6.17. The van der Waals surface area contributed by atoms with Crippen LogP contribution >= 0.6 is 11.8 Å². The van der Waals surface area contributed by atoms with Gasteiger partial charge in [0.25, 0.3) is 11.1 Å². The van der Waals surface area contributed by atoms with E-state index in [0.29, 0.717) is 40.5 Å². The zero-order valence-electron chi connectivity index (χ0n) is 19.7. The molecular weight excluding hydrogens is 496 g/mol. The van der Waals surface area contributed by atoms with Gasteiger partial charge in [-0.15, -0.1) is 0 Å². The number of thioether (sulfide) groups is 1. The molecule has 0 atom stereocenters. The number of amides is 2. The van der Waals surface area contributed by atoms with Crippen LogP contribution in [0.2, 0.25) is 0 Å². The molecule has 5 heterocycles. The molecule has 0 aliphatic carbocycles. The van der Waals surface area contributed by atoms with Crippen molar-refractivity contribution in [2.24, 2.45) is 5.92 Å². The molecule has 3 N–H and O–H groups in total. The predicted molar refractivity (Wildman–Crippen MR) is 137 cm³/mol. The molecule has 190 valence electrons. The molecule has 11 nitrogen and oxygen atoms in total. The van der Waals surface area contributed by atoms with Gasteiger partial charge in [-0.1, -0.05) is 0 Å². The van der Waals surface area contributed by atoms with Gasteiger partial charge in [-0.2, -0.15) is 0 Å². The summed E-state index contributed by atoms with van der Waals surface area (Å²) in [5, 5.41) is 14.9. The standard InChI is InChI=1S/C25H24N6O5S/c32-22-20(37-25(35)30-22)11-17-3-6-27-24(29-17)31-7-4-15(5-8-31)12-26-13-16-10-18(23(33)34)21(28-14-16)19-2-1-9-36-19/h1-3,6,9-11,14-15,26H,4-5,7-8,12-13H2,(H,33,34)(H,30,32,35). The van der Waals surface area contributed by atoms with Crippen LogP contribution in [-0.4, -0.2) is 56.8 Å². The number of nitrogens with one attached hydrogen (secondary N) is 2. The quantitative estimate of drug-likeness (QED) is 0.376. The molecule has 2 saturated heterocycles. The Balaban J connectivity index is 1.13. The summed E-state index contributed by atoms with van der Waals surface area (Å²) in [5.41, 5.74) is 1.79. The van der Waals surface area contributed by atoms with E-state index in [4.69, 9.17) is 4.42 Å². The van der Waals surface area contributed by atoms with E-state index in [1.807, 2.05) is 0 Å². The highest BCUT2D eigenvalue weighted by atomic mass is 32.2. The van der Waals surface area contributed by atoms with Gasteiger partial charge < -0.3 is 19.7 Å². The normalized spacial score (nSPS) is 17.4. The summed E-state index contributed by atoms with van der Waals surface area (Å²) < 4.78 is 5.31. The molecule has 0 radical (unpaired) electrons. The van der Waals surface area contributed by atoms with Gasteiger partial charge in [-0.05, 0) is 73.0 Å². The van der Waals surface area contributed by atoms with Crippen LogP contribution in [0.5, 0.6) is 0 Å². The van der Waals surface area contributed by atoms with Crippen molar-refractivity contribution >= 4 is 40.9 Å². The Morgan fingerprint density at radius 1 is 1.27 bits per heavy atom. The van der Waals surface area contributed by atoms with Gasteiger partial charge >= 0.3 is 5.97 Å². The van der Waals surface area contributed by atoms with Crippen molar-refractivity contribution in [2.75, 3.05) is 24.5 Å². The van der Waals surface area contributed by atoms with Crippen molar-refractivity contribution < 1.29 is 23.9 Å². The largest absolute Gasteiger partial charge is 0.478 e. The Hall–Kier alpha value is -4.03. The molecule has 37 heavy (non-hydrogen) atoms. The predicted octanol–water partition coefficient (Wildman–Crippen LogP) is 3.16. The molecule has 2 aliphatic heterocycles. The molecule has 0 spiro atoms. The van der Waals surface area contributed by atoms with Crippen molar-refractivity contribution in [1.82, 2.24) is 25.6 Å². The monoisotopic (exact) mass is 520 g/mol. The number of hydrogen-bond acceptors (Lipinski definition) is 10. The lowest BCUT2D eigenvalue weighted by atomic mass is 9.97. The van der Waals surface area contributed by atoms with E-state index in [1.165, 1.54) is 6.26 Å². The number of aromatic carboxylic acids is 1. The van der Waals surface area contributed by atoms with Crippen molar-refractivity contribution in [3.8, 4) is 11.5 Å². The number of furan rings is 1. The van der Waals surface area contributed by atoms with E-state index in [9.17, 15) is 19.5 Å². The maximum atomic E-state index is 11.8. The molecule has 0 unspecified atom stereocenters. The number of rotatable bonds is 8. The second kappa shape index (κ2) is 10.9. The average Bonchev–Trinajstić information content (AvgIpc) is 3.54. The first-order valence-corrected chi connectivity index (χ1v) is 12.6. The Kier molecular flexibility index (Phi) is 7.28. The van der Waals surface area contributed by atoms with Gasteiger partial charge in [0.1, 0.15) is 5.69 Å². The lowest BCUT2D eigenvalue weighted by Gasteiger charge is -2.32. The minimum absolute atomic E-state index is 0.110. The van der Waals surface area contributed by atoms with Crippen molar-refractivity contribution in [3.63, 3.8) is 0 Å². The van der Waals surface area contributed by atoms with Crippen LogP contribution in [0.15, 0.2) is 52.2 Å². The summed E-state index contributed by atoms with van der Waals surface area (Å²) in [5.74, 6) is 0.0222. The Bertz CT molecular complexity index is 1350. The lowest BCUT2D eigenvalue weighted by molar-refractivity contribution is -0.115. The third kappa shape index (κ3) is 5.87. The third-order valence-corrected chi connectivity index (χ3v) is 6.98. The van der Waals surface area contributed by atoms with Gasteiger partial charge in [0.05, 0.1) is 22.4 Å². The first-order valence-electron chi connectivity index (χ1n) is 11.8. The summed E-state index contributed by atoms with van der Waals surface area (Å²) in [6.07, 6.45) is 8.30. The summed E-state index contributed by atoms with van der Waals surface area (Å²) in [6, 6.07) is 6.72. The first kappa shape index (κ1) is 24.7. The molecule has 12 heteroatoms. The van der Waals surface area contributed by atoms with Crippen LogP contribution < -0.4 is 15.5 Å². The molecule has 3 aromatic heterocycles. The molecule has 0 bridgehead atoms. The maximum absolute atomic E-state index is 11.8. The fourth-order valence-corrected chi connectivity index (χ4v) is 4.95. The topological polar surface area (TPSA) is 151 Å². The van der Waals surface area contributed by atoms with Crippen LogP contribution in [-0.2, 0) is 11.3 Å². The second-order valence-electron chi connectivity index (χ2n) is 8.72. The number of carbonyl (C=O) groups excluding carboxylic acids is 2. The fraction of sp³-hybridized carbons (Fsp3) is 0.280. The highest BCUT2D eigenvalue weighted by Gasteiger charge is 2.26. The number of nitrogens with zero attached hydrogens (tertiary/aromatic N) is 4. The molecule has 0 saturated carbocycles. The SMILES string of the molecule is O=C1NC(=O)C(=Cc2ccnc(N3CCC(CNCc4cnc(-c5ccco5)c(C(=O)O)c4)CC3)n2)S1. The van der Waals surface area contributed by atoms with Crippen LogP contribution in [0, 0.1) is 5.92 Å². The second-order valence-corrected chi connectivity index (χ2v) is 9.73. The van der Waals surface area contributed by atoms with E-state index in [2.05, 4.69) is 30.5 Å². The number of hydrogen-bond donors (Lipinski definition) is 3. The highest BCUT2D eigenvalue weighted by molar-refractivity contribution is 8.18. The number of anilines is 1. The molecule has 2 aliphatic rings. The maximum Gasteiger partial charge on any atom is 0.338 e. The number of piperidine rings is 1. The van der Waals surface area contributed by atoms with E-state index in [0.717, 1.165) is 49.8 Å². The number of carboxylic acids is 1. The average molecular weight is 521 g/mol. The van der Waals surface area contributed by atoms with E-state index >= 15 is 0 Å². The van der Waals surface area contributed by atoms with Crippen molar-refractivity contribution in [3.05, 3.63) is 64.6 Å². The molecular formula is C25H24N6O5S. The van der Waals surface area contributed by atoms with Crippen LogP contribution in [0.1, 0.15) is 34.5 Å². The Morgan fingerprint density at radius 3 is 2.81 bits per heavy atom. The lowest BCUT2D eigenvalue weighted by Crippen LogP contribution is -2.38. The van der Waals surface area contributed by atoms with Crippen LogP contribution in [0.25, 0.3) is 17.5 Å². The van der Waals surface area contributed by atoms with E-state index in [-0.39, 0.29) is 10.8 Å². The van der Waals surface area contributed by atoms with Gasteiger partial charge in [0, 0.05) is 32.0 Å². The summed E-state index contributed by atoms with van der Waals surface area (Å²) in [6.45, 7) is 2.90. The van der Waals surface area contributed by atoms with Crippen molar-refractivity contribution in [1.29, 1.82) is 0 Å². The molecule has 5 rings (SSSR count). The van der Waals surface area contributed by atoms with Gasteiger partial charge in [0.15, 0.2) is 5.76 Å².